The number of fused-ring (bicyclic) bond motifs is 1. The van der Waals surface area contributed by atoms with Gasteiger partial charge in [-0.15, -0.1) is 11.3 Å². The molecule has 8 heteroatoms. The van der Waals surface area contributed by atoms with Crippen LogP contribution in [0.25, 0.3) is 0 Å². The Balaban J connectivity index is 1.48. The van der Waals surface area contributed by atoms with Crippen molar-refractivity contribution >= 4 is 34.0 Å². The van der Waals surface area contributed by atoms with Gasteiger partial charge in [0.2, 0.25) is 5.95 Å². The maximum atomic E-state index is 12.3. The van der Waals surface area contributed by atoms with Crippen molar-refractivity contribution in [2.75, 3.05) is 22.5 Å². The van der Waals surface area contributed by atoms with Gasteiger partial charge in [-0.3, -0.25) is 4.79 Å². The number of carbonyl (C=O) groups is 1. The summed E-state index contributed by atoms with van der Waals surface area (Å²) in [7, 11) is 0. The van der Waals surface area contributed by atoms with E-state index in [-0.39, 0.29) is 5.91 Å². The van der Waals surface area contributed by atoms with E-state index in [9.17, 15) is 4.79 Å². The van der Waals surface area contributed by atoms with E-state index >= 15 is 0 Å². The van der Waals surface area contributed by atoms with Crippen molar-refractivity contribution in [1.82, 2.24) is 15.0 Å². The van der Waals surface area contributed by atoms with E-state index in [1.165, 1.54) is 11.3 Å². The lowest BCUT2D eigenvalue weighted by Gasteiger charge is -2.27. The molecule has 0 unspecified atom stereocenters. The molecule has 25 heavy (non-hydrogen) atoms. The fourth-order valence-electron chi connectivity index (χ4n) is 2.73. The van der Waals surface area contributed by atoms with Gasteiger partial charge in [-0.1, -0.05) is 18.2 Å². The highest BCUT2D eigenvalue weighted by Crippen LogP contribution is 2.27. The number of hydrogen-bond donors (Lipinski definition) is 2. The number of nitrogens with zero attached hydrogens (tertiary/aromatic N) is 4. The quantitative estimate of drug-likeness (QED) is 0.751. The summed E-state index contributed by atoms with van der Waals surface area (Å²) < 4.78 is 0. The van der Waals surface area contributed by atoms with Gasteiger partial charge >= 0.3 is 0 Å². The molecule has 4 rings (SSSR count). The lowest BCUT2D eigenvalue weighted by molar-refractivity contribution is 0.102. The molecule has 0 atom stereocenters. The SMILES string of the molecule is Nc1ncc2c(n1)CCN(c1nc(C(=O)Nc3ccccc3)cs1)C2. The lowest BCUT2D eigenvalue weighted by Crippen LogP contribution is -2.31. The highest BCUT2D eigenvalue weighted by Gasteiger charge is 2.21. The van der Waals surface area contributed by atoms with E-state index in [2.05, 4.69) is 25.2 Å². The van der Waals surface area contributed by atoms with Crippen LogP contribution in [0.2, 0.25) is 0 Å². The van der Waals surface area contributed by atoms with Gasteiger partial charge in [0.05, 0.1) is 5.69 Å². The van der Waals surface area contributed by atoms with Crippen molar-refractivity contribution < 1.29 is 4.79 Å². The van der Waals surface area contributed by atoms with Crippen LogP contribution in [0.5, 0.6) is 0 Å². The fraction of sp³-hybridized carbons (Fsp3) is 0.176. The topological polar surface area (TPSA) is 97.0 Å². The van der Waals surface area contributed by atoms with Crippen LogP contribution >= 0.6 is 11.3 Å². The first-order valence-electron chi connectivity index (χ1n) is 7.86. The number of amides is 1. The Labute approximate surface area is 148 Å². The van der Waals surface area contributed by atoms with E-state index in [0.717, 1.165) is 35.0 Å². The number of rotatable bonds is 3. The second kappa shape index (κ2) is 6.48. The summed E-state index contributed by atoms with van der Waals surface area (Å²) in [6.07, 6.45) is 2.55. The zero-order valence-electron chi connectivity index (χ0n) is 13.3. The number of nitrogens with one attached hydrogen (secondary N) is 1. The molecule has 1 aliphatic rings. The maximum absolute atomic E-state index is 12.3. The molecule has 0 aliphatic carbocycles. The normalized spacial score (nSPS) is 13.4. The van der Waals surface area contributed by atoms with Gasteiger partial charge in [-0.2, -0.15) is 0 Å². The van der Waals surface area contributed by atoms with E-state index in [1.54, 1.807) is 11.6 Å². The summed E-state index contributed by atoms with van der Waals surface area (Å²) in [6, 6.07) is 9.35. The monoisotopic (exact) mass is 352 g/mol. The molecular weight excluding hydrogens is 336 g/mol. The molecular formula is C17H16N6OS. The van der Waals surface area contributed by atoms with E-state index in [0.29, 0.717) is 18.2 Å². The Bertz CT molecular complexity index is 911. The van der Waals surface area contributed by atoms with Gasteiger partial charge in [0.25, 0.3) is 5.91 Å². The minimum absolute atomic E-state index is 0.206. The smallest absolute Gasteiger partial charge is 0.275 e. The zero-order valence-corrected chi connectivity index (χ0v) is 14.2. The average molecular weight is 352 g/mol. The third kappa shape index (κ3) is 3.29. The first-order valence-corrected chi connectivity index (χ1v) is 8.74. The third-order valence-corrected chi connectivity index (χ3v) is 4.88. The van der Waals surface area contributed by atoms with Crippen molar-refractivity contribution in [3.8, 4) is 0 Å². The highest BCUT2D eigenvalue weighted by atomic mass is 32.1. The van der Waals surface area contributed by atoms with Crippen molar-refractivity contribution in [2.24, 2.45) is 0 Å². The standard InChI is InChI=1S/C17H16N6OS/c18-16-19-8-11-9-23(7-6-13(11)21-16)17-22-14(10-25-17)15(24)20-12-4-2-1-3-5-12/h1-5,8,10H,6-7,9H2,(H,20,24)(H2,18,19,21). The zero-order chi connectivity index (χ0) is 17.2. The number of hydrogen-bond acceptors (Lipinski definition) is 7. The Morgan fingerprint density at radius 1 is 1.24 bits per heavy atom. The first-order chi connectivity index (χ1) is 12.2. The predicted octanol–water partition coefficient (Wildman–Crippen LogP) is 2.33. The molecule has 3 heterocycles. The fourth-order valence-corrected chi connectivity index (χ4v) is 3.56. The Kier molecular flexibility index (Phi) is 4.02. The van der Waals surface area contributed by atoms with Crippen LogP contribution in [0.4, 0.5) is 16.8 Å². The lowest BCUT2D eigenvalue weighted by atomic mass is 10.1. The van der Waals surface area contributed by atoms with E-state index in [1.807, 2.05) is 30.3 Å². The molecule has 0 saturated carbocycles. The largest absolute Gasteiger partial charge is 0.368 e. The average Bonchev–Trinajstić information content (AvgIpc) is 3.12. The summed E-state index contributed by atoms with van der Waals surface area (Å²) in [6.45, 7) is 1.46. The molecule has 3 N–H and O–H groups in total. The van der Waals surface area contributed by atoms with Crippen LogP contribution in [0.1, 0.15) is 21.7 Å². The molecule has 0 fully saturated rings. The Hall–Kier alpha value is -3.00. The number of thiazole rings is 1. The van der Waals surface area contributed by atoms with Gasteiger partial charge in [0.15, 0.2) is 5.13 Å². The molecule has 0 bridgehead atoms. The van der Waals surface area contributed by atoms with Crippen LogP contribution < -0.4 is 16.0 Å². The van der Waals surface area contributed by atoms with Gasteiger partial charge in [-0.25, -0.2) is 15.0 Å². The summed E-state index contributed by atoms with van der Waals surface area (Å²) >= 11 is 1.46. The van der Waals surface area contributed by atoms with E-state index < -0.39 is 0 Å². The molecule has 2 aromatic heterocycles. The van der Waals surface area contributed by atoms with Gasteiger partial charge < -0.3 is 16.0 Å². The molecule has 0 radical (unpaired) electrons. The van der Waals surface area contributed by atoms with Crippen molar-refractivity contribution in [3.63, 3.8) is 0 Å². The van der Waals surface area contributed by atoms with Gasteiger partial charge in [0.1, 0.15) is 5.69 Å². The minimum atomic E-state index is -0.206. The number of benzene rings is 1. The Morgan fingerprint density at radius 2 is 2.08 bits per heavy atom. The first kappa shape index (κ1) is 15.5. The second-order valence-electron chi connectivity index (χ2n) is 5.71. The number of aromatic nitrogens is 3. The number of carbonyl (C=O) groups excluding carboxylic acids is 1. The third-order valence-electron chi connectivity index (χ3n) is 3.98. The summed E-state index contributed by atoms with van der Waals surface area (Å²) in [5.74, 6) is 0.100. The van der Waals surface area contributed by atoms with Crippen molar-refractivity contribution in [1.29, 1.82) is 0 Å². The van der Waals surface area contributed by atoms with Crippen molar-refractivity contribution in [3.05, 3.63) is 58.9 Å². The summed E-state index contributed by atoms with van der Waals surface area (Å²) in [5, 5.41) is 5.45. The Morgan fingerprint density at radius 3 is 2.92 bits per heavy atom. The van der Waals surface area contributed by atoms with Crippen LogP contribution in [0, 0.1) is 0 Å². The molecule has 1 amide bonds. The number of nitrogen functional groups attached to an aromatic ring is 1. The molecule has 7 nitrogen and oxygen atoms in total. The van der Waals surface area contributed by atoms with E-state index in [4.69, 9.17) is 5.73 Å². The number of nitrogens with two attached hydrogens (primary N) is 1. The summed E-state index contributed by atoms with van der Waals surface area (Å²) in [4.78, 5) is 27.3. The second-order valence-corrected chi connectivity index (χ2v) is 6.54. The number of para-hydroxylation sites is 1. The highest BCUT2D eigenvalue weighted by molar-refractivity contribution is 7.13. The molecule has 0 spiro atoms. The van der Waals surface area contributed by atoms with Crippen LogP contribution in [-0.2, 0) is 13.0 Å². The molecule has 1 aromatic carbocycles. The molecule has 126 valence electrons. The molecule has 0 saturated heterocycles. The van der Waals surface area contributed by atoms with Crippen LogP contribution in [0.3, 0.4) is 0 Å². The summed E-state index contributed by atoms with van der Waals surface area (Å²) in [5.41, 5.74) is 8.85. The minimum Gasteiger partial charge on any atom is -0.368 e. The maximum Gasteiger partial charge on any atom is 0.275 e. The van der Waals surface area contributed by atoms with Crippen LogP contribution in [0.15, 0.2) is 41.9 Å². The molecule has 3 aromatic rings. The van der Waals surface area contributed by atoms with Crippen LogP contribution in [-0.4, -0.2) is 27.4 Å². The van der Waals surface area contributed by atoms with Gasteiger partial charge in [-0.05, 0) is 12.1 Å². The van der Waals surface area contributed by atoms with Crippen molar-refractivity contribution in [2.45, 2.75) is 13.0 Å². The number of anilines is 3. The van der Waals surface area contributed by atoms with Gasteiger partial charge in [0, 0.05) is 42.3 Å². The molecule has 1 aliphatic heterocycles. The predicted molar refractivity (Wildman–Crippen MR) is 97.7 cm³/mol.